The van der Waals surface area contributed by atoms with Crippen molar-refractivity contribution in [2.45, 2.75) is 0 Å². The maximum absolute atomic E-state index is 6.40. The second-order valence-corrected chi connectivity index (χ2v) is 10.8. The molecular formula is C39H23N3O2. The molecule has 0 saturated heterocycles. The summed E-state index contributed by atoms with van der Waals surface area (Å²) in [5, 5.41) is 4.14. The first-order valence-corrected chi connectivity index (χ1v) is 14.5. The monoisotopic (exact) mass is 565 g/mol. The molecular weight excluding hydrogens is 542 g/mol. The van der Waals surface area contributed by atoms with Crippen LogP contribution in [0.2, 0.25) is 0 Å². The third-order valence-corrected chi connectivity index (χ3v) is 8.13. The molecule has 0 radical (unpaired) electrons. The fourth-order valence-corrected chi connectivity index (χ4v) is 6.03. The third kappa shape index (κ3) is 3.98. The number of rotatable bonds is 4. The summed E-state index contributed by atoms with van der Waals surface area (Å²) in [5.41, 5.74) is 8.02. The van der Waals surface area contributed by atoms with E-state index in [0.717, 1.165) is 71.7 Å². The molecule has 0 saturated carbocycles. The van der Waals surface area contributed by atoms with E-state index in [1.807, 2.05) is 91.0 Å². The first kappa shape index (κ1) is 24.5. The highest BCUT2D eigenvalue weighted by atomic mass is 16.3. The van der Waals surface area contributed by atoms with Gasteiger partial charge >= 0.3 is 0 Å². The van der Waals surface area contributed by atoms with Crippen LogP contribution in [0.4, 0.5) is 0 Å². The number of para-hydroxylation sites is 2. The van der Waals surface area contributed by atoms with Crippen molar-refractivity contribution in [3.05, 3.63) is 140 Å². The van der Waals surface area contributed by atoms with E-state index in [1.54, 1.807) is 0 Å². The van der Waals surface area contributed by atoms with E-state index in [9.17, 15) is 0 Å². The van der Waals surface area contributed by atoms with Crippen LogP contribution in [0.5, 0.6) is 0 Å². The topological polar surface area (TPSA) is 65.0 Å². The lowest BCUT2D eigenvalue weighted by Gasteiger charge is -2.11. The summed E-state index contributed by atoms with van der Waals surface area (Å²) in [7, 11) is 0. The van der Waals surface area contributed by atoms with Crippen molar-refractivity contribution in [2.75, 3.05) is 0 Å². The Morgan fingerprint density at radius 1 is 0.341 bits per heavy atom. The Hall–Kier alpha value is -6.07. The molecule has 0 unspecified atom stereocenters. The smallest absolute Gasteiger partial charge is 0.164 e. The van der Waals surface area contributed by atoms with E-state index >= 15 is 0 Å². The number of fused-ring (bicyclic) bond motifs is 6. The lowest BCUT2D eigenvalue weighted by atomic mass is 9.98. The standard InChI is InChI=1S/C39H23N3O2/c1-3-11-24(12-4-1)27-21-31(36-30-16-8-10-18-33(30)44-35(36)23-27)39-41-37(25-13-5-2-6-14-25)40-38(42-39)26-19-20-29-28-15-7-9-17-32(28)43-34(29)22-26/h1-23H. The molecule has 0 aliphatic rings. The predicted molar refractivity (Wildman–Crippen MR) is 176 cm³/mol. The first-order valence-electron chi connectivity index (χ1n) is 14.5. The highest BCUT2D eigenvalue weighted by molar-refractivity contribution is 6.13. The zero-order valence-corrected chi connectivity index (χ0v) is 23.4. The van der Waals surface area contributed by atoms with Gasteiger partial charge in [0.05, 0.1) is 0 Å². The second-order valence-electron chi connectivity index (χ2n) is 10.8. The van der Waals surface area contributed by atoms with Crippen LogP contribution >= 0.6 is 0 Å². The third-order valence-electron chi connectivity index (χ3n) is 8.13. The predicted octanol–water partition coefficient (Wildman–Crippen LogP) is 10.3. The van der Waals surface area contributed by atoms with Gasteiger partial charge in [-0.1, -0.05) is 103 Å². The van der Waals surface area contributed by atoms with Gasteiger partial charge in [-0.3, -0.25) is 0 Å². The molecule has 6 aromatic carbocycles. The number of furan rings is 2. The molecule has 0 spiro atoms. The van der Waals surface area contributed by atoms with E-state index in [0.29, 0.717) is 17.5 Å². The maximum atomic E-state index is 6.40. The van der Waals surface area contributed by atoms with Gasteiger partial charge in [0.1, 0.15) is 22.3 Å². The van der Waals surface area contributed by atoms with Crippen LogP contribution in [0.25, 0.3) is 89.2 Å². The highest BCUT2D eigenvalue weighted by Crippen LogP contribution is 2.40. The Labute approximate surface area is 252 Å². The number of benzene rings is 6. The summed E-state index contributed by atoms with van der Waals surface area (Å²) in [6, 6.07) is 47.0. The van der Waals surface area contributed by atoms with E-state index in [4.69, 9.17) is 23.8 Å². The Kier molecular flexibility index (Phi) is 5.43. The molecule has 0 amide bonds. The Morgan fingerprint density at radius 2 is 0.886 bits per heavy atom. The quantitative estimate of drug-likeness (QED) is 0.212. The summed E-state index contributed by atoms with van der Waals surface area (Å²) >= 11 is 0. The summed E-state index contributed by atoms with van der Waals surface area (Å²) < 4.78 is 12.6. The van der Waals surface area contributed by atoms with Crippen molar-refractivity contribution in [1.29, 1.82) is 0 Å². The molecule has 0 aliphatic heterocycles. The molecule has 0 atom stereocenters. The van der Waals surface area contributed by atoms with Gasteiger partial charge in [0.25, 0.3) is 0 Å². The lowest BCUT2D eigenvalue weighted by molar-refractivity contribution is 0.668. The van der Waals surface area contributed by atoms with Gasteiger partial charge in [-0.2, -0.15) is 0 Å². The van der Waals surface area contributed by atoms with E-state index in [2.05, 4.69) is 48.5 Å². The van der Waals surface area contributed by atoms with Crippen molar-refractivity contribution in [1.82, 2.24) is 15.0 Å². The van der Waals surface area contributed by atoms with Crippen LogP contribution in [-0.2, 0) is 0 Å². The van der Waals surface area contributed by atoms with Crippen LogP contribution in [-0.4, -0.2) is 15.0 Å². The summed E-state index contributed by atoms with van der Waals surface area (Å²) in [4.78, 5) is 15.2. The van der Waals surface area contributed by atoms with Crippen LogP contribution < -0.4 is 0 Å². The number of hydrogen-bond acceptors (Lipinski definition) is 5. The van der Waals surface area contributed by atoms with Gasteiger partial charge in [-0.25, -0.2) is 15.0 Å². The van der Waals surface area contributed by atoms with Gasteiger partial charge < -0.3 is 8.83 Å². The minimum absolute atomic E-state index is 0.572. The zero-order valence-electron chi connectivity index (χ0n) is 23.4. The number of hydrogen-bond donors (Lipinski definition) is 0. The molecule has 9 aromatic rings. The lowest BCUT2D eigenvalue weighted by Crippen LogP contribution is -2.00. The number of aromatic nitrogens is 3. The largest absolute Gasteiger partial charge is 0.456 e. The van der Waals surface area contributed by atoms with Crippen molar-refractivity contribution in [3.63, 3.8) is 0 Å². The van der Waals surface area contributed by atoms with E-state index in [1.165, 1.54) is 0 Å². The van der Waals surface area contributed by atoms with Crippen molar-refractivity contribution >= 4 is 43.9 Å². The summed E-state index contributed by atoms with van der Waals surface area (Å²) in [5.74, 6) is 1.75. The molecule has 44 heavy (non-hydrogen) atoms. The average molecular weight is 566 g/mol. The van der Waals surface area contributed by atoms with Gasteiger partial charge in [-0.05, 0) is 47.5 Å². The van der Waals surface area contributed by atoms with Gasteiger partial charge in [0, 0.05) is 38.2 Å². The molecule has 9 rings (SSSR count). The zero-order chi connectivity index (χ0) is 29.0. The van der Waals surface area contributed by atoms with Crippen LogP contribution in [0, 0.1) is 0 Å². The Bertz CT molecular complexity index is 2500. The SMILES string of the molecule is c1ccc(-c2cc(-c3nc(-c4ccccc4)nc(-c4ccc5c(c4)oc4ccccc45)n3)c3c(c2)oc2ccccc23)cc1. The molecule has 5 nitrogen and oxygen atoms in total. The summed E-state index contributed by atoms with van der Waals surface area (Å²) in [6.07, 6.45) is 0. The molecule has 5 heteroatoms. The van der Waals surface area contributed by atoms with Crippen LogP contribution in [0.3, 0.4) is 0 Å². The minimum atomic E-state index is 0.572. The molecule has 0 aliphatic carbocycles. The fourth-order valence-electron chi connectivity index (χ4n) is 6.03. The first-order chi connectivity index (χ1) is 21.8. The van der Waals surface area contributed by atoms with Crippen LogP contribution in [0.1, 0.15) is 0 Å². The Morgan fingerprint density at radius 3 is 1.66 bits per heavy atom. The molecule has 3 heterocycles. The van der Waals surface area contributed by atoms with E-state index < -0.39 is 0 Å². The van der Waals surface area contributed by atoms with E-state index in [-0.39, 0.29) is 0 Å². The van der Waals surface area contributed by atoms with Crippen LogP contribution in [0.15, 0.2) is 148 Å². The van der Waals surface area contributed by atoms with Gasteiger partial charge in [0.15, 0.2) is 17.5 Å². The average Bonchev–Trinajstić information content (AvgIpc) is 3.66. The summed E-state index contributed by atoms with van der Waals surface area (Å²) in [6.45, 7) is 0. The normalized spacial score (nSPS) is 11.6. The second kappa shape index (κ2) is 9.75. The molecule has 0 fully saturated rings. The molecule has 0 N–H and O–H groups in total. The number of nitrogens with zero attached hydrogens (tertiary/aromatic N) is 3. The Balaban J connectivity index is 1.33. The van der Waals surface area contributed by atoms with Gasteiger partial charge in [-0.15, -0.1) is 0 Å². The maximum Gasteiger partial charge on any atom is 0.164 e. The highest BCUT2D eigenvalue weighted by Gasteiger charge is 2.20. The fraction of sp³-hybridized carbons (Fsp3) is 0. The molecule has 3 aromatic heterocycles. The minimum Gasteiger partial charge on any atom is -0.456 e. The van der Waals surface area contributed by atoms with Gasteiger partial charge in [0.2, 0.25) is 0 Å². The van der Waals surface area contributed by atoms with Crippen molar-refractivity contribution < 1.29 is 8.83 Å². The molecule has 0 bridgehead atoms. The van der Waals surface area contributed by atoms with Crippen molar-refractivity contribution in [3.8, 4) is 45.3 Å². The van der Waals surface area contributed by atoms with Crippen molar-refractivity contribution in [2.24, 2.45) is 0 Å². The molecule has 206 valence electrons.